The molecule has 13 rings (SSSR count). The van der Waals surface area contributed by atoms with Crippen molar-refractivity contribution in [1.82, 2.24) is 0 Å². The second-order valence-corrected chi connectivity index (χ2v) is 17.1. The van der Waals surface area contributed by atoms with Crippen LogP contribution >= 0.6 is 0 Å². The number of fused-ring (bicyclic) bond motifs is 14. The van der Waals surface area contributed by atoms with Crippen LogP contribution < -0.4 is 0 Å². The molecule has 0 saturated carbocycles. The average molecular weight is 763 g/mol. The molecule has 1 heteroatoms. The first kappa shape index (κ1) is 33.5. The molecule has 0 atom stereocenters. The Hall–Kier alpha value is -7.48. The molecule has 60 heavy (non-hydrogen) atoms. The molecule has 0 spiro atoms. The van der Waals surface area contributed by atoms with Crippen LogP contribution in [0.25, 0.3) is 120 Å². The van der Waals surface area contributed by atoms with Crippen molar-refractivity contribution in [2.45, 2.75) is 19.3 Å². The summed E-state index contributed by atoms with van der Waals surface area (Å²) in [5.41, 5.74) is 14.4. The van der Waals surface area contributed by atoms with Gasteiger partial charge in [0.15, 0.2) is 0 Å². The summed E-state index contributed by atoms with van der Waals surface area (Å²) < 4.78 is 6.75. The minimum Gasteiger partial charge on any atom is -0.455 e. The van der Waals surface area contributed by atoms with Gasteiger partial charge >= 0.3 is 0 Å². The fourth-order valence-electron chi connectivity index (χ4n) is 10.9. The number of rotatable bonds is 3. The number of benzene rings is 11. The van der Waals surface area contributed by atoms with E-state index >= 15 is 0 Å². The van der Waals surface area contributed by atoms with Crippen LogP contribution in [0.1, 0.15) is 25.0 Å². The highest BCUT2D eigenvalue weighted by molar-refractivity contribution is 6.26. The molecule has 11 aromatic carbocycles. The molecule has 0 fully saturated rings. The Balaban J connectivity index is 0.950. The van der Waals surface area contributed by atoms with Gasteiger partial charge in [-0.25, -0.2) is 0 Å². The van der Waals surface area contributed by atoms with E-state index in [1.165, 1.54) is 120 Å². The molecule has 1 aliphatic carbocycles. The predicted octanol–water partition coefficient (Wildman–Crippen LogP) is 16.7. The monoisotopic (exact) mass is 762 g/mol. The highest BCUT2D eigenvalue weighted by atomic mass is 16.3. The molecule has 0 aliphatic heterocycles. The van der Waals surface area contributed by atoms with Crippen molar-refractivity contribution >= 4 is 75.8 Å². The molecule has 12 aromatic rings. The van der Waals surface area contributed by atoms with Crippen molar-refractivity contribution in [3.63, 3.8) is 0 Å². The van der Waals surface area contributed by atoms with Gasteiger partial charge in [0, 0.05) is 21.8 Å². The highest BCUT2D eigenvalue weighted by Crippen LogP contribution is 2.56. The topological polar surface area (TPSA) is 13.1 Å². The predicted molar refractivity (Wildman–Crippen MR) is 255 cm³/mol. The van der Waals surface area contributed by atoms with Crippen molar-refractivity contribution in [2.24, 2.45) is 0 Å². The van der Waals surface area contributed by atoms with E-state index < -0.39 is 0 Å². The zero-order valence-electron chi connectivity index (χ0n) is 33.4. The van der Waals surface area contributed by atoms with Gasteiger partial charge < -0.3 is 4.42 Å². The van der Waals surface area contributed by atoms with Gasteiger partial charge in [0.2, 0.25) is 0 Å². The molecular weight excluding hydrogens is 725 g/mol. The largest absolute Gasteiger partial charge is 0.455 e. The summed E-state index contributed by atoms with van der Waals surface area (Å²) in [5, 5.41) is 15.0. The van der Waals surface area contributed by atoms with Crippen molar-refractivity contribution in [1.29, 1.82) is 0 Å². The molecule has 0 amide bonds. The Morgan fingerprint density at radius 1 is 0.350 bits per heavy atom. The third-order valence-corrected chi connectivity index (χ3v) is 13.6. The van der Waals surface area contributed by atoms with E-state index in [0.717, 1.165) is 11.2 Å². The maximum atomic E-state index is 6.75. The minimum atomic E-state index is -0.214. The summed E-state index contributed by atoms with van der Waals surface area (Å²) in [7, 11) is 0. The summed E-state index contributed by atoms with van der Waals surface area (Å²) in [6, 6.07) is 71.8. The number of furan rings is 1. The Labute approximate surface area is 347 Å². The van der Waals surface area contributed by atoms with Gasteiger partial charge in [-0.2, -0.15) is 0 Å². The first-order chi connectivity index (χ1) is 29.5. The van der Waals surface area contributed by atoms with Gasteiger partial charge in [0.25, 0.3) is 0 Å². The van der Waals surface area contributed by atoms with E-state index in [4.69, 9.17) is 4.42 Å². The Morgan fingerprint density at radius 2 is 0.883 bits per heavy atom. The van der Waals surface area contributed by atoms with Crippen LogP contribution in [0.4, 0.5) is 0 Å². The van der Waals surface area contributed by atoms with Crippen molar-refractivity contribution in [3.8, 4) is 44.5 Å². The zero-order valence-corrected chi connectivity index (χ0v) is 33.4. The van der Waals surface area contributed by atoms with Gasteiger partial charge in [-0.05, 0) is 128 Å². The number of hydrogen-bond acceptors (Lipinski definition) is 1. The molecule has 0 unspecified atom stereocenters. The fraction of sp³-hybridized carbons (Fsp3) is 0.0508. The number of hydrogen-bond donors (Lipinski definition) is 0. The highest BCUT2D eigenvalue weighted by Gasteiger charge is 2.40. The molecule has 280 valence electrons. The van der Waals surface area contributed by atoms with E-state index in [1.807, 2.05) is 0 Å². The zero-order chi connectivity index (χ0) is 39.7. The van der Waals surface area contributed by atoms with E-state index in [2.05, 4.69) is 208 Å². The summed E-state index contributed by atoms with van der Waals surface area (Å²) in [6.07, 6.45) is 0. The Morgan fingerprint density at radius 3 is 1.62 bits per heavy atom. The maximum absolute atomic E-state index is 6.75. The first-order valence-electron chi connectivity index (χ1n) is 21.0. The molecule has 0 saturated heterocycles. The fourth-order valence-corrected chi connectivity index (χ4v) is 10.9. The second kappa shape index (κ2) is 12.3. The van der Waals surface area contributed by atoms with Gasteiger partial charge in [-0.1, -0.05) is 184 Å². The molecule has 1 nitrogen and oxygen atoms in total. The standard InChI is InChI=1S/C59H38O/c1-59(2)51-34-39(30-31-49(51)56-57(59)48-22-10-9-21-47(48)55-50-23-11-12-25-52(50)60-58(55)56)37-26-27-38-33-40(29-28-36(38)32-37)53-43-17-5-7-19-45(43)54(46-20-8-6-18-44(46)53)42-24-13-15-35-14-3-4-16-41(35)42/h3-34H,1-2H3. The van der Waals surface area contributed by atoms with Crippen LogP contribution in [0.3, 0.4) is 0 Å². The molecule has 0 N–H and O–H groups in total. The number of para-hydroxylation sites is 1. The van der Waals surface area contributed by atoms with Crippen LogP contribution in [0, 0.1) is 0 Å². The average Bonchev–Trinajstić information content (AvgIpc) is 3.80. The molecule has 1 heterocycles. The Kier molecular flexibility index (Phi) is 6.85. The lowest BCUT2D eigenvalue weighted by molar-refractivity contribution is 0.658. The van der Waals surface area contributed by atoms with Crippen molar-refractivity contribution in [3.05, 3.63) is 205 Å². The van der Waals surface area contributed by atoms with Gasteiger partial charge in [-0.15, -0.1) is 0 Å². The van der Waals surface area contributed by atoms with Crippen LogP contribution in [0.15, 0.2) is 199 Å². The normalized spacial score (nSPS) is 13.3. The van der Waals surface area contributed by atoms with E-state index in [0.29, 0.717) is 0 Å². The van der Waals surface area contributed by atoms with E-state index in [9.17, 15) is 0 Å². The third kappa shape index (κ3) is 4.58. The molecule has 1 aromatic heterocycles. The molecular formula is C59H38O. The SMILES string of the molecule is CC1(C)c2cc(-c3ccc4cc(-c5c6ccccc6c(-c6cccc7ccccc67)c6ccccc56)ccc4c3)ccc2-c2c1c1ccccc1c1c2oc2ccccc21. The lowest BCUT2D eigenvalue weighted by Gasteiger charge is -2.24. The van der Waals surface area contributed by atoms with Crippen LogP contribution in [0.5, 0.6) is 0 Å². The van der Waals surface area contributed by atoms with E-state index in [1.54, 1.807) is 0 Å². The third-order valence-electron chi connectivity index (χ3n) is 13.6. The van der Waals surface area contributed by atoms with Crippen molar-refractivity contribution in [2.75, 3.05) is 0 Å². The molecule has 1 aliphatic rings. The lowest BCUT2D eigenvalue weighted by atomic mass is 9.79. The summed E-state index contributed by atoms with van der Waals surface area (Å²) >= 11 is 0. The smallest absolute Gasteiger partial charge is 0.144 e. The van der Waals surface area contributed by atoms with Gasteiger partial charge in [0.05, 0.1) is 0 Å². The summed E-state index contributed by atoms with van der Waals surface area (Å²) in [5.74, 6) is 0. The maximum Gasteiger partial charge on any atom is 0.144 e. The summed E-state index contributed by atoms with van der Waals surface area (Å²) in [6.45, 7) is 4.76. The van der Waals surface area contributed by atoms with Crippen LogP contribution in [-0.2, 0) is 5.41 Å². The molecule has 0 bridgehead atoms. The second-order valence-electron chi connectivity index (χ2n) is 17.1. The van der Waals surface area contributed by atoms with Gasteiger partial charge in [0.1, 0.15) is 11.2 Å². The summed E-state index contributed by atoms with van der Waals surface area (Å²) in [4.78, 5) is 0. The molecule has 0 radical (unpaired) electrons. The van der Waals surface area contributed by atoms with Gasteiger partial charge in [-0.3, -0.25) is 0 Å². The Bertz CT molecular complexity index is 3740. The minimum absolute atomic E-state index is 0.214. The van der Waals surface area contributed by atoms with Crippen LogP contribution in [-0.4, -0.2) is 0 Å². The van der Waals surface area contributed by atoms with E-state index in [-0.39, 0.29) is 5.41 Å². The van der Waals surface area contributed by atoms with Crippen LogP contribution in [0.2, 0.25) is 0 Å². The van der Waals surface area contributed by atoms with Crippen molar-refractivity contribution < 1.29 is 4.42 Å². The lowest BCUT2D eigenvalue weighted by Crippen LogP contribution is -2.15. The quantitative estimate of drug-likeness (QED) is 0.163. The first-order valence-corrected chi connectivity index (χ1v) is 21.0.